The molecule has 1 saturated carbocycles. The highest BCUT2D eigenvalue weighted by Gasteiger charge is 2.20. The van der Waals surface area contributed by atoms with E-state index >= 15 is 0 Å². The summed E-state index contributed by atoms with van der Waals surface area (Å²) >= 11 is 3.18. The average Bonchev–Trinajstić information content (AvgIpc) is 1.95. The van der Waals surface area contributed by atoms with Crippen LogP contribution in [0.4, 0.5) is 4.39 Å². The zero-order valence-corrected chi connectivity index (χ0v) is 7.44. The molecule has 0 aliphatic heterocycles. The third-order valence-corrected chi connectivity index (χ3v) is 2.17. The van der Waals surface area contributed by atoms with Crippen LogP contribution in [-0.4, -0.2) is 17.8 Å². The molecule has 0 radical (unpaired) electrons. The highest BCUT2D eigenvalue weighted by Crippen LogP contribution is 2.23. The topological polar surface area (TPSA) is 9.23 Å². The minimum Gasteiger partial charge on any atom is -0.367 e. The molecule has 0 aromatic carbocycles. The second-order valence-corrected chi connectivity index (χ2v) is 3.11. The van der Waals surface area contributed by atoms with Gasteiger partial charge in [0, 0.05) is 0 Å². The minimum absolute atomic E-state index is 0.298. The first-order valence-corrected chi connectivity index (χ1v) is 4.76. The maximum absolute atomic E-state index is 12.5. The number of ether oxygens (including phenoxy) is 1. The van der Waals surface area contributed by atoms with Crippen molar-refractivity contribution in [2.24, 2.45) is 0 Å². The molecule has 0 bridgehead atoms. The lowest BCUT2D eigenvalue weighted by molar-refractivity contribution is 0.0419. The van der Waals surface area contributed by atoms with Crippen LogP contribution in [0.2, 0.25) is 0 Å². The van der Waals surface area contributed by atoms with Crippen LogP contribution in [0.5, 0.6) is 0 Å². The fraction of sp³-hybridized carbons (Fsp3) is 1.00. The van der Waals surface area contributed by atoms with Crippen molar-refractivity contribution in [1.82, 2.24) is 0 Å². The summed E-state index contributed by atoms with van der Waals surface area (Å²) in [7, 11) is 0. The van der Waals surface area contributed by atoms with Gasteiger partial charge >= 0.3 is 0 Å². The molecule has 3 heteroatoms. The Morgan fingerprint density at radius 2 is 1.90 bits per heavy atom. The SMILES string of the molecule is FC1CCC(OCBr)CC1. The molecule has 0 aromatic heterocycles. The smallest absolute Gasteiger partial charge is 0.102 e. The van der Waals surface area contributed by atoms with Gasteiger partial charge in [0.1, 0.15) is 11.7 Å². The van der Waals surface area contributed by atoms with E-state index in [2.05, 4.69) is 15.9 Å². The van der Waals surface area contributed by atoms with Gasteiger partial charge in [-0.1, -0.05) is 15.9 Å². The molecule has 0 N–H and O–H groups in total. The van der Waals surface area contributed by atoms with Gasteiger partial charge in [0.05, 0.1) is 6.10 Å². The Morgan fingerprint density at radius 3 is 2.40 bits per heavy atom. The Balaban J connectivity index is 2.13. The second kappa shape index (κ2) is 4.29. The van der Waals surface area contributed by atoms with Crippen LogP contribution in [0.1, 0.15) is 25.7 Å². The van der Waals surface area contributed by atoms with Gasteiger partial charge < -0.3 is 4.74 Å². The zero-order chi connectivity index (χ0) is 7.40. The van der Waals surface area contributed by atoms with Crippen LogP contribution in [0.15, 0.2) is 0 Å². The average molecular weight is 211 g/mol. The van der Waals surface area contributed by atoms with Crippen molar-refractivity contribution < 1.29 is 9.13 Å². The predicted molar refractivity (Wildman–Crippen MR) is 42.0 cm³/mol. The predicted octanol–water partition coefficient (Wildman–Crippen LogP) is 2.64. The number of rotatable bonds is 2. The van der Waals surface area contributed by atoms with Crippen LogP contribution in [0, 0.1) is 0 Å². The molecule has 0 spiro atoms. The quantitative estimate of drug-likeness (QED) is 0.638. The summed E-state index contributed by atoms with van der Waals surface area (Å²) in [5.41, 5.74) is 0.578. The molecule has 1 rings (SSSR count). The van der Waals surface area contributed by atoms with Gasteiger partial charge in [-0.3, -0.25) is 0 Å². The molecule has 60 valence electrons. The summed E-state index contributed by atoms with van der Waals surface area (Å²) in [4.78, 5) is 0. The molecule has 0 amide bonds. The maximum atomic E-state index is 12.5. The Kier molecular flexibility index (Phi) is 3.63. The number of hydrogen-bond donors (Lipinski definition) is 0. The van der Waals surface area contributed by atoms with E-state index in [4.69, 9.17) is 4.74 Å². The molecule has 0 heterocycles. The maximum Gasteiger partial charge on any atom is 0.102 e. The Bertz CT molecular complexity index is 91.6. The van der Waals surface area contributed by atoms with Crippen LogP contribution >= 0.6 is 15.9 Å². The molecule has 1 nitrogen and oxygen atoms in total. The summed E-state index contributed by atoms with van der Waals surface area (Å²) < 4.78 is 17.8. The molecule has 0 unspecified atom stereocenters. The van der Waals surface area contributed by atoms with Crippen molar-refractivity contribution in [2.75, 3.05) is 5.52 Å². The van der Waals surface area contributed by atoms with E-state index < -0.39 is 6.17 Å². The first-order valence-electron chi connectivity index (χ1n) is 3.64. The van der Waals surface area contributed by atoms with Crippen molar-refractivity contribution in [3.05, 3.63) is 0 Å². The lowest BCUT2D eigenvalue weighted by Gasteiger charge is -2.23. The Morgan fingerprint density at radius 1 is 1.30 bits per heavy atom. The summed E-state index contributed by atoms with van der Waals surface area (Å²) in [5, 5.41) is 0. The van der Waals surface area contributed by atoms with Gasteiger partial charge in [0.25, 0.3) is 0 Å². The van der Waals surface area contributed by atoms with Crippen molar-refractivity contribution in [1.29, 1.82) is 0 Å². The van der Waals surface area contributed by atoms with E-state index in [0.717, 1.165) is 12.8 Å². The van der Waals surface area contributed by atoms with E-state index in [1.165, 1.54) is 0 Å². The van der Waals surface area contributed by atoms with Crippen molar-refractivity contribution >= 4 is 15.9 Å². The fourth-order valence-electron chi connectivity index (χ4n) is 1.28. The van der Waals surface area contributed by atoms with Gasteiger partial charge in [-0.2, -0.15) is 0 Å². The minimum atomic E-state index is -0.574. The number of alkyl halides is 2. The molecule has 1 aliphatic rings. The van der Waals surface area contributed by atoms with Gasteiger partial charge in [0.2, 0.25) is 0 Å². The highest BCUT2D eigenvalue weighted by molar-refractivity contribution is 9.09. The highest BCUT2D eigenvalue weighted by atomic mass is 79.9. The molecule has 0 aromatic rings. The normalized spacial score (nSPS) is 34.2. The first-order chi connectivity index (χ1) is 4.83. The van der Waals surface area contributed by atoms with Crippen LogP contribution < -0.4 is 0 Å². The van der Waals surface area contributed by atoms with Crippen LogP contribution in [-0.2, 0) is 4.74 Å². The molecule has 1 aliphatic carbocycles. The Hall–Kier alpha value is 0.370. The number of hydrogen-bond acceptors (Lipinski definition) is 1. The van der Waals surface area contributed by atoms with Crippen molar-refractivity contribution in [3.63, 3.8) is 0 Å². The zero-order valence-electron chi connectivity index (χ0n) is 5.85. The van der Waals surface area contributed by atoms with Crippen LogP contribution in [0.25, 0.3) is 0 Å². The molecular weight excluding hydrogens is 199 g/mol. The van der Waals surface area contributed by atoms with Crippen molar-refractivity contribution in [3.8, 4) is 0 Å². The lowest BCUT2D eigenvalue weighted by Crippen LogP contribution is -2.21. The molecule has 1 fully saturated rings. The third kappa shape index (κ3) is 2.54. The van der Waals surface area contributed by atoms with Gasteiger partial charge in [-0.15, -0.1) is 0 Å². The van der Waals surface area contributed by atoms with E-state index in [1.807, 2.05) is 0 Å². The van der Waals surface area contributed by atoms with Gasteiger partial charge in [-0.05, 0) is 25.7 Å². The molecule has 10 heavy (non-hydrogen) atoms. The summed E-state index contributed by atoms with van der Waals surface area (Å²) in [6.07, 6.45) is 2.84. The van der Waals surface area contributed by atoms with E-state index in [0.29, 0.717) is 24.5 Å². The van der Waals surface area contributed by atoms with Crippen molar-refractivity contribution in [2.45, 2.75) is 38.0 Å². The summed E-state index contributed by atoms with van der Waals surface area (Å²) in [6.45, 7) is 0. The van der Waals surface area contributed by atoms with Gasteiger partial charge in [0.15, 0.2) is 0 Å². The second-order valence-electron chi connectivity index (χ2n) is 2.65. The van der Waals surface area contributed by atoms with E-state index in [1.54, 1.807) is 0 Å². The molecule has 0 saturated heterocycles. The number of halogens is 2. The lowest BCUT2D eigenvalue weighted by atomic mass is 9.96. The largest absolute Gasteiger partial charge is 0.367 e. The summed E-state index contributed by atoms with van der Waals surface area (Å²) in [6, 6.07) is 0. The standard InChI is InChI=1S/C7H12BrFO/c8-5-10-7-3-1-6(9)2-4-7/h6-7H,1-5H2. The first kappa shape index (κ1) is 8.47. The Labute approximate surface area is 69.1 Å². The van der Waals surface area contributed by atoms with Crippen LogP contribution in [0.3, 0.4) is 0 Å². The monoisotopic (exact) mass is 210 g/mol. The molecule has 0 atom stereocenters. The van der Waals surface area contributed by atoms with Gasteiger partial charge in [-0.25, -0.2) is 4.39 Å². The van der Waals surface area contributed by atoms with E-state index in [9.17, 15) is 4.39 Å². The third-order valence-electron chi connectivity index (χ3n) is 1.90. The summed E-state index contributed by atoms with van der Waals surface area (Å²) in [5.74, 6) is 0. The fourth-order valence-corrected chi connectivity index (χ4v) is 1.65. The van der Waals surface area contributed by atoms with E-state index in [-0.39, 0.29) is 0 Å². The molecular formula is C7H12BrFO.